The molecule has 0 atom stereocenters. The van der Waals surface area contributed by atoms with E-state index in [0.717, 1.165) is 33.1 Å². The summed E-state index contributed by atoms with van der Waals surface area (Å²) in [5, 5.41) is 5.13. The van der Waals surface area contributed by atoms with Gasteiger partial charge in [-0.25, -0.2) is 0 Å². The van der Waals surface area contributed by atoms with Crippen molar-refractivity contribution in [3.8, 4) is 5.75 Å². The molecule has 0 fully saturated rings. The highest BCUT2D eigenvalue weighted by Gasteiger charge is 2.11. The number of benzene rings is 3. The van der Waals surface area contributed by atoms with E-state index in [0.29, 0.717) is 18.1 Å². The zero-order valence-electron chi connectivity index (χ0n) is 15.0. The quantitative estimate of drug-likeness (QED) is 0.518. The molecule has 0 heterocycles. The van der Waals surface area contributed by atoms with Crippen LogP contribution >= 0.6 is 15.9 Å². The molecule has 3 nitrogen and oxygen atoms in total. The van der Waals surface area contributed by atoms with E-state index in [-0.39, 0.29) is 5.91 Å². The molecule has 0 spiro atoms. The minimum absolute atomic E-state index is 0.143. The summed E-state index contributed by atoms with van der Waals surface area (Å²) in [4.78, 5) is 12.7. The predicted molar refractivity (Wildman–Crippen MR) is 111 cm³/mol. The van der Waals surface area contributed by atoms with Gasteiger partial charge in [-0.1, -0.05) is 50.2 Å². The van der Waals surface area contributed by atoms with Gasteiger partial charge in [0.25, 0.3) is 5.91 Å². The van der Waals surface area contributed by atoms with Crippen molar-refractivity contribution < 1.29 is 9.53 Å². The second kappa shape index (κ2) is 8.37. The average molecular weight is 412 g/mol. The molecule has 134 valence electrons. The first kappa shape index (κ1) is 18.5. The van der Waals surface area contributed by atoms with Gasteiger partial charge in [0.1, 0.15) is 5.75 Å². The van der Waals surface area contributed by atoms with Crippen LogP contribution in [-0.2, 0) is 0 Å². The fourth-order valence-corrected chi connectivity index (χ4v) is 3.19. The van der Waals surface area contributed by atoms with Crippen LogP contribution < -0.4 is 10.1 Å². The van der Waals surface area contributed by atoms with Crippen molar-refractivity contribution in [1.82, 2.24) is 0 Å². The van der Waals surface area contributed by atoms with Crippen molar-refractivity contribution in [1.29, 1.82) is 0 Å². The Kier molecular flexibility index (Phi) is 5.94. The van der Waals surface area contributed by atoms with Crippen LogP contribution in [0.3, 0.4) is 0 Å². The van der Waals surface area contributed by atoms with Crippen LogP contribution in [0, 0.1) is 5.92 Å². The number of carbonyl (C=O) groups is 1. The summed E-state index contributed by atoms with van der Waals surface area (Å²) in [5.41, 5.74) is 1.39. The lowest BCUT2D eigenvalue weighted by atomic mass is 10.1. The highest BCUT2D eigenvalue weighted by Crippen LogP contribution is 2.28. The minimum atomic E-state index is -0.143. The molecule has 0 unspecified atom stereocenters. The molecule has 0 radical (unpaired) electrons. The van der Waals surface area contributed by atoms with E-state index in [9.17, 15) is 4.79 Å². The lowest BCUT2D eigenvalue weighted by Crippen LogP contribution is -2.12. The van der Waals surface area contributed by atoms with Gasteiger partial charge in [0.05, 0.1) is 11.1 Å². The third-order valence-electron chi connectivity index (χ3n) is 4.18. The van der Waals surface area contributed by atoms with E-state index in [4.69, 9.17) is 4.74 Å². The molecule has 0 saturated heterocycles. The Balaban J connectivity index is 1.74. The van der Waals surface area contributed by atoms with Gasteiger partial charge < -0.3 is 10.1 Å². The molecular formula is C22H22BrNO2. The van der Waals surface area contributed by atoms with E-state index in [1.165, 1.54) is 0 Å². The highest BCUT2D eigenvalue weighted by atomic mass is 79.9. The second-order valence-corrected chi connectivity index (χ2v) is 7.51. The Labute approximate surface area is 162 Å². The number of hydrogen-bond donors (Lipinski definition) is 1. The monoisotopic (exact) mass is 411 g/mol. The molecule has 0 aliphatic carbocycles. The minimum Gasteiger partial charge on any atom is -0.492 e. The Morgan fingerprint density at radius 3 is 2.62 bits per heavy atom. The number of nitrogens with one attached hydrogen (secondary N) is 1. The number of anilines is 1. The molecule has 3 aromatic carbocycles. The summed E-state index contributed by atoms with van der Waals surface area (Å²) < 4.78 is 6.56. The number of carbonyl (C=O) groups excluding carboxylic acids is 1. The SMILES string of the molecule is CC(C)CCOc1ccc(C(=O)Nc2cccc3ccccc23)cc1Br. The van der Waals surface area contributed by atoms with Crippen LogP contribution in [0.25, 0.3) is 10.8 Å². The number of rotatable bonds is 6. The Morgan fingerprint density at radius 1 is 1.08 bits per heavy atom. The maximum absolute atomic E-state index is 12.7. The van der Waals surface area contributed by atoms with Gasteiger partial charge in [-0.2, -0.15) is 0 Å². The van der Waals surface area contributed by atoms with Crippen molar-refractivity contribution in [2.75, 3.05) is 11.9 Å². The molecule has 3 aromatic rings. The van der Waals surface area contributed by atoms with Crippen LogP contribution in [0.2, 0.25) is 0 Å². The summed E-state index contributed by atoms with van der Waals surface area (Å²) in [6.45, 7) is 5.00. The highest BCUT2D eigenvalue weighted by molar-refractivity contribution is 9.10. The van der Waals surface area contributed by atoms with Gasteiger partial charge >= 0.3 is 0 Å². The van der Waals surface area contributed by atoms with Gasteiger partial charge in [-0.3, -0.25) is 4.79 Å². The Morgan fingerprint density at radius 2 is 1.85 bits per heavy atom. The van der Waals surface area contributed by atoms with Crippen LogP contribution in [0.4, 0.5) is 5.69 Å². The Hall–Kier alpha value is -2.33. The predicted octanol–water partition coefficient (Wildman–Crippen LogP) is 6.28. The van der Waals surface area contributed by atoms with Crippen molar-refractivity contribution in [2.45, 2.75) is 20.3 Å². The zero-order valence-corrected chi connectivity index (χ0v) is 16.5. The first-order valence-corrected chi connectivity index (χ1v) is 9.55. The van der Waals surface area contributed by atoms with Crippen molar-refractivity contribution in [2.24, 2.45) is 5.92 Å². The maximum Gasteiger partial charge on any atom is 0.255 e. The Bertz CT molecular complexity index is 916. The third kappa shape index (κ3) is 4.44. The first-order chi connectivity index (χ1) is 12.5. The van der Waals surface area contributed by atoms with E-state index in [2.05, 4.69) is 35.1 Å². The van der Waals surface area contributed by atoms with E-state index in [1.54, 1.807) is 12.1 Å². The number of hydrogen-bond acceptors (Lipinski definition) is 2. The molecule has 0 aliphatic rings. The normalized spacial score (nSPS) is 10.9. The molecule has 3 rings (SSSR count). The summed E-state index contributed by atoms with van der Waals surface area (Å²) in [7, 11) is 0. The molecule has 0 saturated carbocycles. The van der Waals surface area contributed by atoms with Gasteiger partial charge in [0.2, 0.25) is 0 Å². The standard InChI is InChI=1S/C22H22BrNO2/c1-15(2)12-13-26-21-11-10-17(14-19(21)23)22(25)24-20-9-5-7-16-6-3-4-8-18(16)20/h3-11,14-15H,12-13H2,1-2H3,(H,24,25). The molecule has 0 aromatic heterocycles. The maximum atomic E-state index is 12.7. The zero-order chi connectivity index (χ0) is 18.5. The molecule has 1 N–H and O–H groups in total. The summed E-state index contributed by atoms with van der Waals surface area (Å²) in [6, 6.07) is 19.3. The molecule has 26 heavy (non-hydrogen) atoms. The summed E-state index contributed by atoms with van der Waals surface area (Å²) in [5.74, 6) is 1.21. The van der Waals surface area contributed by atoms with Crippen molar-refractivity contribution in [3.63, 3.8) is 0 Å². The topological polar surface area (TPSA) is 38.3 Å². The largest absolute Gasteiger partial charge is 0.492 e. The molecule has 0 bridgehead atoms. The fraction of sp³-hybridized carbons (Fsp3) is 0.227. The molecule has 1 amide bonds. The lowest BCUT2D eigenvalue weighted by Gasteiger charge is -2.12. The van der Waals surface area contributed by atoms with Crippen LogP contribution in [0.15, 0.2) is 65.1 Å². The van der Waals surface area contributed by atoms with Crippen molar-refractivity contribution in [3.05, 3.63) is 70.7 Å². The number of fused-ring (bicyclic) bond motifs is 1. The molecule has 4 heteroatoms. The van der Waals surface area contributed by atoms with Gasteiger partial charge in [-0.05, 0) is 57.9 Å². The molecule has 0 aliphatic heterocycles. The van der Waals surface area contributed by atoms with Gasteiger partial charge in [-0.15, -0.1) is 0 Å². The summed E-state index contributed by atoms with van der Waals surface area (Å²) in [6.07, 6.45) is 0.996. The third-order valence-corrected chi connectivity index (χ3v) is 4.80. The number of amides is 1. The van der Waals surface area contributed by atoms with Crippen molar-refractivity contribution >= 4 is 38.3 Å². The fourth-order valence-electron chi connectivity index (χ4n) is 2.69. The lowest BCUT2D eigenvalue weighted by molar-refractivity contribution is 0.102. The van der Waals surface area contributed by atoms with E-state index >= 15 is 0 Å². The van der Waals surface area contributed by atoms with Gasteiger partial charge in [0, 0.05) is 16.6 Å². The van der Waals surface area contributed by atoms with E-state index in [1.807, 2.05) is 48.5 Å². The van der Waals surface area contributed by atoms with Crippen LogP contribution in [-0.4, -0.2) is 12.5 Å². The first-order valence-electron chi connectivity index (χ1n) is 8.76. The second-order valence-electron chi connectivity index (χ2n) is 6.66. The average Bonchev–Trinajstić information content (AvgIpc) is 2.63. The smallest absolute Gasteiger partial charge is 0.255 e. The van der Waals surface area contributed by atoms with E-state index < -0.39 is 0 Å². The van der Waals surface area contributed by atoms with Crippen LogP contribution in [0.1, 0.15) is 30.6 Å². The number of ether oxygens (including phenoxy) is 1. The molecular weight excluding hydrogens is 390 g/mol. The number of halogens is 1. The van der Waals surface area contributed by atoms with Crippen LogP contribution in [0.5, 0.6) is 5.75 Å². The summed E-state index contributed by atoms with van der Waals surface area (Å²) >= 11 is 3.50. The van der Waals surface area contributed by atoms with Gasteiger partial charge in [0.15, 0.2) is 0 Å².